The molecular formula is C16H17N3O2. The van der Waals surface area contributed by atoms with Crippen molar-refractivity contribution in [2.24, 2.45) is 10.9 Å². The van der Waals surface area contributed by atoms with E-state index in [1.165, 1.54) is 0 Å². The zero-order valence-corrected chi connectivity index (χ0v) is 11.7. The van der Waals surface area contributed by atoms with Gasteiger partial charge in [-0.2, -0.15) is 0 Å². The van der Waals surface area contributed by atoms with Gasteiger partial charge in [-0.1, -0.05) is 53.7 Å². The molecule has 2 rings (SSSR count). The van der Waals surface area contributed by atoms with Gasteiger partial charge in [0.2, 0.25) is 5.91 Å². The lowest BCUT2D eigenvalue weighted by atomic mass is 9.97. The third-order valence-electron chi connectivity index (χ3n) is 3.21. The van der Waals surface area contributed by atoms with E-state index in [1.54, 1.807) is 24.3 Å². The standard InChI is InChI=1S/C16H17N3O2/c1-11-7-5-6-10-13(11)18-16(20)14(15(17)19-21)12-8-3-2-4-9-12/h2-10,14,21H,1H3,(H2,17,19)(H,18,20). The van der Waals surface area contributed by atoms with Gasteiger partial charge < -0.3 is 16.3 Å². The molecule has 2 aromatic rings. The smallest absolute Gasteiger partial charge is 0.239 e. The minimum Gasteiger partial charge on any atom is -0.409 e. The third-order valence-corrected chi connectivity index (χ3v) is 3.21. The van der Waals surface area contributed by atoms with Crippen LogP contribution in [0.1, 0.15) is 17.0 Å². The van der Waals surface area contributed by atoms with E-state index in [1.807, 2.05) is 37.3 Å². The average Bonchev–Trinajstić information content (AvgIpc) is 2.50. The first-order chi connectivity index (χ1) is 10.1. The molecule has 0 spiro atoms. The lowest BCUT2D eigenvalue weighted by Gasteiger charge is -2.16. The number of hydrogen-bond acceptors (Lipinski definition) is 3. The van der Waals surface area contributed by atoms with E-state index in [0.29, 0.717) is 11.3 Å². The van der Waals surface area contributed by atoms with Crippen molar-refractivity contribution in [2.75, 3.05) is 5.32 Å². The van der Waals surface area contributed by atoms with E-state index in [4.69, 9.17) is 10.9 Å². The van der Waals surface area contributed by atoms with Gasteiger partial charge in [-0.05, 0) is 24.1 Å². The van der Waals surface area contributed by atoms with Gasteiger partial charge in [0.05, 0.1) is 0 Å². The van der Waals surface area contributed by atoms with E-state index in [-0.39, 0.29) is 11.7 Å². The second-order valence-corrected chi connectivity index (χ2v) is 4.67. The summed E-state index contributed by atoms with van der Waals surface area (Å²) in [6.07, 6.45) is 0. The minimum atomic E-state index is -0.837. The molecule has 5 heteroatoms. The lowest BCUT2D eigenvalue weighted by Crippen LogP contribution is -2.33. The first kappa shape index (κ1) is 14.6. The molecule has 108 valence electrons. The van der Waals surface area contributed by atoms with Crippen LogP contribution in [0.15, 0.2) is 59.8 Å². The Balaban J connectivity index is 2.30. The fraction of sp³-hybridized carbons (Fsp3) is 0.125. The molecule has 0 aliphatic rings. The summed E-state index contributed by atoms with van der Waals surface area (Å²) in [5, 5.41) is 14.7. The largest absolute Gasteiger partial charge is 0.409 e. The monoisotopic (exact) mass is 283 g/mol. The van der Waals surface area contributed by atoms with Crippen LogP contribution in [0.2, 0.25) is 0 Å². The summed E-state index contributed by atoms with van der Waals surface area (Å²) in [6.45, 7) is 1.90. The van der Waals surface area contributed by atoms with E-state index in [9.17, 15) is 4.79 Å². The highest BCUT2D eigenvalue weighted by Crippen LogP contribution is 2.20. The van der Waals surface area contributed by atoms with Crippen molar-refractivity contribution in [3.8, 4) is 0 Å². The molecule has 0 aliphatic heterocycles. The highest BCUT2D eigenvalue weighted by molar-refractivity contribution is 6.12. The summed E-state index contributed by atoms with van der Waals surface area (Å²) in [5.41, 5.74) is 7.99. The number of oxime groups is 1. The Labute approximate surface area is 123 Å². The van der Waals surface area contributed by atoms with E-state index in [2.05, 4.69) is 10.5 Å². The minimum absolute atomic E-state index is 0.146. The van der Waals surface area contributed by atoms with E-state index in [0.717, 1.165) is 5.56 Å². The van der Waals surface area contributed by atoms with Crippen LogP contribution in [0.3, 0.4) is 0 Å². The molecule has 1 atom stereocenters. The van der Waals surface area contributed by atoms with Crippen molar-refractivity contribution in [1.29, 1.82) is 0 Å². The van der Waals surface area contributed by atoms with Gasteiger partial charge in [0.25, 0.3) is 0 Å². The summed E-state index contributed by atoms with van der Waals surface area (Å²) in [7, 11) is 0. The quantitative estimate of drug-likeness (QED) is 0.348. The SMILES string of the molecule is Cc1ccccc1NC(=O)C(C(N)=NO)c1ccccc1. The summed E-state index contributed by atoms with van der Waals surface area (Å²) >= 11 is 0. The van der Waals surface area contributed by atoms with Gasteiger partial charge in [-0.3, -0.25) is 4.79 Å². The Morgan fingerprint density at radius 1 is 1.14 bits per heavy atom. The number of amides is 1. The summed E-state index contributed by atoms with van der Waals surface area (Å²) < 4.78 is 0. The highest BCUT2D eigenvalue weighted by atomic mass is 16.4. The molecule has 0 fully saturated rings. The van der Waals surface area contributed by atoms with Crippen LogP contribution in [-0.2, 0) is 4.79 Å². The summed E-state index contributed by atoms with van der Waals surface area (Å²) in [5.74, 6) is -1.33. The number of hydrogen-bond donors (Lipinski definition) is 3. The molecule has 0 aliphatic carbocycles. The number of nitrogens with zero attached hydrogens (tertiary/aromatic N) is 1. The second-order valence-electron chi connectivity index (χ2n) is 4.67. The van der Waals surface area contributed by atoms with E-state index < -0.39 is 5.92 Å². The number of nitrogens with two attached hydrogens (primary N) is 1. The zero-order valence-electron chi connectivity index (χ0n) is 11.7. The molecule has 1 unspecified atom stereocenters. The molecule has 0 bridgehead atoms. The first-order valence-corrected chi connectivity index (χ1v) is 6.52. The van der Waals surface area contributed by atoms with E-state index >= 15 is 0 Å². The Hall–Kier alpha value is -2.82. The number of aryl methyl sites for hydroxylation is 1. The second kappa shape index (κ2) is 6.56. The molecule has 21 heavy (non-hydrogen) atoms. The summed E-state index contributed by atoms with van der Waals surface area (Å²) in [4.78, 5) is 12.5. The first-order valence-electron chi connectivity index (χ1n) is 6.52. The van der Waals surface area contributed by atoms with Crippen molar-refractivity contribution in [1.82, 2.24) is 0 Å². The van der Waals surface area contributed by atoms with Crippen molar-refractivity contribution >= 4 is 17.4 Å². The molecule has 0 heterocycles. The van der Waals surface area contributed by atoms with Crippen LogP contribution in [0.5, 0.6) is 0 Å². The maximum absolute atomic E-state index is 12.5. The molecule has 4 N–H and O–H groups in total. The van der Waals surface area contributed by atoms with Gasteiger partial charge in [0.1, 0.15) is 5.92 Å². The normalized spacial score (nSPS) is 12.7. The number of rotatable bonds is 4. The van der Waals surface area contributed by atoms with Crippen LogP contribution in [0.4, 0.5) is 5.69 Å². The van der Waals surface area contributed by atoms with Crippen LogP contribution in [-0.4, -0.2) is 17.0 Å². The van der Waals surface area contributed by atoms with Gasteiger partial charge in [0.15, 0.2) is 5.84 Å². The fourth-order valence-corrected chi connectivity index (χ4v) is 2.08. The number of anilines is 1. The van der Waals surface area contributed by atoms with Gasteiger partial charge >= 0.3 is 0 Å². The Kier molecular flexibility index (Phi) is 4.56. The Morgan fingerprint density at radius 3 is 2.38 bits per heavy atom. The molecule has 0 saturated heterocycles. The number of para-hydroxylation sites is 1. The van der Waals surface area contributed by atoms with Crippen LogP contribution < -0.4 is 11.1 Å². The molecule has 0 radical (unpaired) electrons. The average molecular weight is 283 g/mol. The number of carbonyl (C=O) groups excluding carboxylic acids is 1. The highest BCUT2D eigenvalue weighted by Gasteiger charge is 2.25. The third kappa shape index (κ3) is 3.39. The predicted octanol–water partition coefficient (Wildman–Crippen LogP) is 2.46. The van der Waals surface area contributed by atoms with Crippen LogP contribution in [0, 0.1) is 6.92 Å². The summed E-state index contributed by atoms with van der Waals surface area (Å²) in [6, 6.07) is 16.4. The molecule has 5 nitrogen and oxygen atoms in total. The number of benzene rings is 2. The number of carbonyl (C=O) groups is 1. The number of nitrogens with one attached hydrogen (secondary N) is 1. The molecule has 2 aromatic carbocycles. The molecule has 0 saturated carbocycles. The van der Waals surface area contributed by atoms with Crippen molar-refractivity contribution in [2.45, 2.75) is 12.8 Å². The predicted molar refractivity (Wildman–Crippen MR) is 82.4 cm³/mol. The zero-order chi connectivity index (χ0) is 15.2. The molecular weight excluding hydrogens is 266 g/mol. The van der Waals surface area contributed by atoms with Gasteiger partial charge in [-0.25, -0.2) is 0 Å². The van der Waals surface area contributed by atoms with Crippen molar-refractivity contribution < 1.29 is 10.0 Å². The fourth-order valence-electron chi connectivity index (χ4n) is 2.08. The molecule has 1 amide bonds. The van der Waals surface area contributed by atoms with Gasteiger partial charge in [0, 0.05) is 5.69 Å². The molecule has 0 aromatic heterocycles. The van der Waals surface area contributed by atoms with Crippen LogP contribution in [0.25, 0.3) is 0 Å². The Bertz CT molecular complexity index is 654. The lowest BCUT2D eigenvalue weighted by molar-refractivity contribution is -0.116. The maximum atomic E-state index is 12.5. The Morgan fingerprint density at radius 2 is 1.76 bits per heavy atom. The maximum Gasteiger partial charge on any atom is 0.239 e. The number of amidine groups is 1. The van der Waals surface area contributed by atoms with Crippen molar-refractivity contribution in [3.05, 3.63) is 65.7 Å². The van der Waals surface area contributed by atoms with Gasteiger partial charge in [-0.15, -0.1) is 0 Å². The topological polar surface area (TPSA) is 87.7 Å². The van der Waals surface area contributed by atoms with Crippen molar-refractivity contribution in [3.63, 3.8) is 0 Å². The van der Waals surface area contributed by atoms with Crippen LogP contribution >= 0.6 is 0 Å².